The molecule has 2 aliphatic rings. The first-order chi connectivity index (χ1) is 12.3. The average Bonchev–Trinajstić information content (AvgIpc) is 2.61. The van der Waals surface area contributed by atoms with Gasteiger partial charge < -0.3 is 9.47 Å². The molecule has 1 aromatic rings. The summed E-state index contributed by atoms with van der Waals surface area (Å²) >= 11 is 0. The van der Waals surface area contributed by atoms with Gasteiger partial charge in [0, 0.05) is 45.3 Å². The van der Waals surface area contributed by atoms with Gasteiger partial charge in [-0.2, -0.15) is 4.31 Å². The number of fused-ring (bicyclic) bond motifs is 1. The smallest absolute Gasteiger partial charge is 0.240 e. The number of hydrogen-bond acceptors (Lipinski definition) is 7. The van der Waals surface area contributed by atoms with E-state index in [-0.39, 0.29) is 11.4 Å². The summed E-state index contributed by atoms with van der Waals surface area (Å²) in [4.78, 5) is 2.16. The number of ether oxygens (including phenoxy) is 2. The van der Waals surface area contributed by atoms with Crippen LogP contribution in [0.4, 0.5) is 0 Å². The van der Waals surface area contributed by atoms with E-state index in [2.05, 4.69) is 4.72 Å². The van der Waals surface area contributed by atoms with Crippen molar-refractivity contribution >= 4 is 20.0 Å². The van der Waals surface area contributed by atoms with E-state index < -0.39 is 20.0 Å². The summed E-state index contributed by atoms with van der Waals surface area (Å²) < 4.78 is 62.7. The zero-order chi connectivity index (χ0) is 18.8. The summed E-state index contributed by atoms with van der Waals surface area (Å²) in [6.07, 6.45) is 1.20. The molecule has 1 saturated heterocycles. The van der Waals surface area contributed by atoms with Gasteiger partial charge in [-0.05, 0) is 12.1 Å². The Morgan fingerprint density at radius 2 is 1.65 bits per heavy atom. The minimum absolute atomic E-state index is 0.128. The lowest BCUT2D eigenvalue weighted by molar-refractivity contribution is 0.171. The number of rotatable bonds is 6. The van der Waals surface area contributed by atoms with Crippen LogP contribution in [0.5, 0.6) is 11.5 Å². The Bertz CT molecular complexity index is 848. The lowest BCUT2D eigenvalue weighted by Crippen LogP contribution is -2.49. The number of nitrogens with zero attached hydrogens (tertiary/aromatic N) is 2. The molecule has 0 unspecified atom stereocenters. The van der Waals surface area contributed by atoms with Crippen LogP contribution in [0.25, 0.3) is 0 Å². The number of nitrogens with one attached hydrogen (secondary N) is 1. The third kappa shape index (κ3) is 4.65. The molecule has 0 bridgehead atoms. The van der Waals surface area contributed by atoms with Gasteiger partial charge in [-0.3, -0.25) is 4.90 Å². The van der Waals surface area contributed by atoms with Crippen molar-refractivity contribution in [3.63, 3.8) is 0 Å². The second-order valence-corrected chi connectivity index (χ2v) is 9.96. The van der Waals surface area contributed by atoms with Gasteiger partial charge >= 0.3 is 0 Å². The standard InChI is InChI=1S/C15H23N3O6S2/c1-25(19,20)18-8-6-17(7-9-18)5-4-16-26(21,22)13-2-3-14-15(12-13)24-11-10-23-14/h2-3,12,16H,4-11H2,1H3. The van der Waals surface area contributed by atoms with Crippen molar-refractivity contribution < 1.29 is 26.3 Å². The Morgan fingerprint density at radius 3 is 2.31 bits per heavy atom. The molecular weight excluding hydrogens is 382 g/mol. The van der Waals surface area contributed by atoms with Crippen molar-refractivity contribution in [2.45, 2.75) is 4.90 Å². The Balaban J connectivity index is 1.52. The van der Waals surface area contributed by atoms with E-state index in [0.29, 0.717) is 57.4 Å². The predicted octanol–water partition coefficient (Wildman–Crippen LogP) is -0.687. The molecule has 0 aliphatic carbocycles. The normalized spacial score (nSPS) is 19.4. The number of benzene rings is 1. The summed E-state index contributed by atoms with van der Waals surface area (Å²) in [6, 6.07) is 4.54. The van der Waals surface area contributed by atoms with Crippen molar-refractivity contribution in [2.24, 2.45) is 0 Å². The second-order valence-electron chi connectivity index (χ2n) is 6.21. The maximum Gasteiger partial charge on any atom is 0.240 e. The van der Waals surface area contributed by atoms with Crippen LogP contribution in [-0.4, -0.2) is 84.8 Å². The van der Waals surface area contributed by atoms with Gasteiger partial charge in [0.2, 0.25) is 20.0 Å². The molecule has 1 N–H and O–H groups in total. The second kappa shape index (κ2) is 7.69. The molecule has 26 heavy (non-hydrogen) atoms. The molecule has 9 nitrogen and oxygen atoms in total. The fourth-order valence-corrected chi connectivity index (χ4v) is 4.76. The first kappa shape index (κ1) is 19.4. The fourth-order valence-electron chi connectivity index (χ4n) is 2.90. The highest BCUT2D eigenvalue weighted by atomic mass is 32.2. The van der Waals surface area contributed by atoms with Crippen molar-refractivity contribution in [1.82, 2.24) is 13.9 Å². The van der Waals surface area contributed by atoms with Gasteiger partial charge in [0.25, 0.3) is 0 Å². The summed E-state index contributed by atoms with van der Waals surface area (Å²) in [6.45, 7) is 3.61. The van der Waals surface area contributed by atoms with E-state index in [1.54, 1.807) is 6.07 Å². The number of sulfonamides is 2. The monoisotopic (exact) mass is 405 g/mol. The van der Waals surface area contributed by atoms with E-state index in [1.165, 1.54) is 22.7 Å². The van der Waals surface area contributed by atoms with Crippen LogP contribution in [0.1, 0.15) is 0 Å². The maximum atomic E-state index is 12.4. The van der Waals surface area contributed by atoms with Gasteiger partial charge in [-0.15, -0.1) is 0 Å². The summed E-state index contributed by atoms with van der Waals surface area (Å²) in [7, 11) is -6.81. The highest BCUT2D eigenvalue weighted by Crippen LogP contribution is 2.32. The average molecular weight is 405 g/mol. The Hall–Kier alpha value is -1.40. The summed E-state index contributed by atoms with van der Waals surface area (Å²) in [5.41, 5.74) is 0. The Morgan fingerprint density at radius 1 is 1.00 bits per heavy atom. The first-order valence-corrected chi connectivity index (χ1v) is 11.7. The van der Waals surface area contributed by atoms with Crippen LogP contribution in [0, 0.1) is 0 Å². The molecule has 3 rings (SSSR count). The first-order valence-electron chi connectivity index (χ1n) is 8.32. The SMILES string of the molecule is CS(=O)(=O)N1CCN(CCNS(=O)(=O)c2ccc3c(c2)OCCO3)CC1. The molecule has 1 fully saturated rings. The zero-order valence-corrected chi connectivity index (χ0v) is 16.2. The van der Waals surface area contributed by atoms with Gasteiger partial charge in [-0.25, -0.2) is 21.6 Å². The highest BCUT2D eigenvalue weighted by Gasteiger charge is 2.24. The molecule has 2 heterocycles. The van der Waals surface area contributed by atoms with Gasteiger partial charge in [-0.1, -0.05) is 0 Å². The molecule has 11 heteroatoms. The molecule has 0 radical (unpaired) electrons. The molecule has 0 saturated carbocycles. The van der Waals surface area contributed by atoms with Crippen LogP contribution in [-0.2, 0) is 20.0 Å². The molecule has 0 spiro atoms. The molecule has 0 amide bonds. The minimum Gasteiger partial charge on any atom is -0.486 e. The molecule has 0 aromatic heterocycles. The van der Waals surface area contributed by atoms with Crippen LogP contribution < -0.4 is 14.2 Å². The Kier molecular flexibility index (Phi) is 5.72. The molecule has 2 aliphatic heterocycles. The molecule has 1 aromatic carbocycles. The van der Waals surface area contributed by atoms with Crippen LogP contribution in [0.2, 0.25) is 0 Å². The Labute approximate surface area is 154 Å². The lowest BCUT2D eigenvalue weighted by Gasteiger charge is -2.33. The van der Waals surface area contributed by atoms with E-state index in [1.807, 2.05) is 4.90 Å². The van der Waals surface area contributed by atoms with Gasteiger partial charge in [0.1, 0.15) is 13.2 Å². The van der Waals surface area contributed by atoms with Crippen LogP contribution >= 0.6 is 0 Å². The van der Waals surface area contributed by atoms with Crippen molar-refractivity contribution in [3.05, 3.63) is 18.2 Å². The fraction of sp³-hybridized carbons (Fsp3) is 0.600. The van der Waals surface area contributed by atoms with E-state index >= 15 is 0 Å². The van der Waals surface area contributed by atoms with Crippen LogP contribution in [0.15, 0.2) is 23.1 Å². The molecule has 0 atom stereocenters. The highest BCUT2D eigenvalue weighted by molar-refractivity contribution is 7.89. The quantitative estimate of drug-likeness (QED) is 0.668. The van der Waals surface area contributed by atoms with Crippen molar-refractivity contribution in [3.8, 4) is 11.5 Å². The maximum absolute atomic E-state index is 12.4. The van der Waals surface area contributed by atoms with Gasteiger partial charge in [0.05, 0.1) is 11.2 Å². The largest absolute Gasteiger partial charge is 0.486 e. The lowest BCUT2D eigenvalue weighted by atomic mass is 10.3. The van der Waals surface area contributed by atoms with E-state index in [4.69, 9.17) is 9.47 Å². The number of hydrogen-bond donors (Lipinski definition) is 1. The zero-order valence-electron chi connectivity index (χ0n) is 14.5. The molecule has 146 valence electrons. The van der Waals surface area contributed by atoms with E-state index in [0.717, 1.165) is 0 Å². The third-order valence-corrected chi connectivity index (χ3v) is 7.11. The van der Waals surface area contributed by atoms with Crippen molar-refractivity contribution in [1.29, 1.82) is 0 Å². The third-order valence-electron chi connectivity index (χ3n) is 4.34. The minimum atomic E-state index is -3.65. The molecular formula is C15H23N3O6S2. The summed E-state index contributed by atoms with van der Waals surface area (Å²) in [5, 5.41) is 0. The van der Waals surface area contributed by atoms with Crippen molar-refractivity contribution in [2.75, 3.05) is 58.7 Å². The van der Waals surface area contributed by atoms with E-state index in [9.17, 15) is 16.8 Å². The summed E-state index contributed by atoms with van der Waals surface area (Å²) in [5.74, 6) is 0.968. The van der Waals surface area contributed by atoms with Gasteiger partial charge in [0.15, 0.2) is 11.5 Å². The predicted molar refractivity (Wildman–Crippen MR) is 95.5 cm³/mol. The number of piperazine rings is 1. The topological polar surface area (TPSA) is 105 Å². The van der Waals surface area contributed by atoms with Crippen LogP contribution in [0.3, 0.4) is 0 Å².